The molecule has 0 bridgehead atoms. The van der Waals surface area contributed by atoms with Gasteiger partial charge in [0, 0.05) is 6.04 Å². The molecule has 1 saturated carbocycles. The van der Waals surface area contributed by atoms with Gasteiger partial charge >= 0.3 is 6.09 Å². The minimum absolute atomic E-state index is 0.154. The van der Waals surface area contributed by atoms with E-state index in [-0.39, 0.29) is 11.9 Å². The predicted molar refractivity (Wildman–Crippen MR) is 78.4 cm³/mol. The van der Waals surface area contributed by atoms with E-state index >= 15 is 0 Å². The summed E-state index contributed by atoms with van der Waals surface area (Å²) in [6, 6.07) is -0.381. The number of alkyl carbamates (subject to hydrolysis) is 1. The van der Waals surface area contributed by atoms with Gasteiger partial charge in [0.2, 0.25) is 5.91 Å². The lowest BCUT2D eigenvalue weighted by molar-refractivity contribution is -0.123. The van der Waals surface area contributed by atoms with Crippen LogP contribution in [0.2, 0.25) is 0 Å². The van der Waals surface area contributed by atoms with Crippen LogP contribution in [-0.4, -0.2) is 29.7 Å². The summed E-state index contributed by atoms with van der Waals surface area (Å²) in [5, 5.41) is 5.55. The maximum atomic E-state index is 12.0. The van der Waals surface area contributed by atoms with Gasteiger partial charge in [0.05, 0.1) is 0 Å². The zero-order chi connectivity index (χ0) is 15.6. The van der Waals surface area contributed by atoms with Crippen molar-refractivity contribution in [3.8, 4) is 0 Å². The van der Waals surface area contributed by atoms with Gasteiger partial charge in [-0.2, -0.15) is 0 Å². The lowest BCUT2D eigenvalue weighted by atomic mass is 9.92. The van der Waals surface area contributed by atoms with Crippen molar-refractivity contribution in [3.63, 3.8) is 0 Å². The first-order valence-electron chi connectivity index (χ1n) is 7.28. The van der Waals surface area contributed by atoms with Crippen molar-refractivity contribution in [2.45, 2.75) is 78.5 Å². The van der Waals surface area contributed by atoms with Gasteiger partial charge in [-0.15, -0.1) is 0 Å². The maximum absolute atomic E-state index is 12.0. The largest absolute Gasteiger partial charge is 0.444 e. The molecule has 0 saturated heterocycles. The number of amides is 2. The highest BCUT2D eigenvalue weighted by atomic mass is 16.6. The van der Waals surface area contributed by atoms with Crippen LogP contribution in [0.4, 0.5) is 4.79 Å². The molecule has 2 N–H and O–H groups in total. The zero-order valence-electron chi connectivity index (χ0n) is 13.5. The number of nitrogens with one attached hydrogen (secondary N) is 2. The van der Waals surface area contributed by atoms with Crippen LogP contribution in [0.5, 0.6) is 0 Å². The van der Waals surface area contributed by atoms with Crippen LogP contribution in [-0.2, 0) is 9.53 Å². The highest BCUT2D eigenvalue weighted by molar-refractivity contribution is 5.85. The van der Waals surface area contributed by atoms with Gasteiger partial charge in [0.25, 0.3) is 0 Å². The van der Waals surface area contributed by atoms with Gasteiger partial charge in [-0.05, 0) is 52.4 Å². The minimum atomic E-state index is -0.589. The fourth-order valence-corrected chi connectivity index (χ4v) is 2.44. The maximum Gasteiger partial charge on any atom is 0.408 e. The van der Waals surface area contributed by atoms with Crippen molar-refractivity contribution in [3.05, 3.63) is 0 Å². The number of hydrogen-bond donors (Lipinski definition) is 2. The Bertz CT molecular complexity index is 372. The fourth-order valence-electron chi connectivity index (χ4n) is 2.44. The molecule has 5 heteroatoms. The van der Waals surface area contributed by atoms with E-state index in [1.165, 1.54) is 0 Å². The first kappa shape index (κ1) is 16.8. The molecule has 0 aromatic carbocycles. The Balaban J connectivity index is 2.38. The van der Waals surface area contributed by atoms with Crippen molar-refractivity contribution in [2.24, 2.45) is 5.41 Å². The third-order valence-electron chi connectivity index (χ3n) is 3.44. The Labute approximate surface area is 121 Å². The zero-order valence-corrected chi connectivity index (χ0v) is 13.5. The van der Waals surface area contributed by atoms with E-state index in [1.54, 1.807) is 27.7 Å². The van der Waals surface area contributed by atoms with Crippen molar-refractivity contribution in [1.82, 2.24) is 10.6 Å². The van der Waals surface area contributed by atoms with Gasteiger partial charge in [-0.25, -0.2) is 4.79 Å². The highest BCUT2D eigenvalue weighted by Gasteiger charge is 2.32. The fraction of sp³-hybridized carbons (Fsp3) is 0.867. The third kappa shape index (κ3) is 5.80. The minimum Gasteiger partial charge on any atom is -0.444 e. The molecule has 1 aliphatic carbocycles. The first-order chi connectivity index (χ1) is 8.98. The summed E-state index contributed by atoms with van der Waals surface area (Å²) in [4.78, 5) is 23.6. The molecule has 0 heterocycles. The quantitative estimate of drug-likeness (QED) is 0.837. The van der Waals surface area contributed by atoms with Crippen LogP contribution in [0.25, 0.3) is 0 Å². The second-order valence-corrected chi connectivity index (χ2v) is 7.48. The molecule has 0 aliphatic heterocycles. The van der Waals surface area contributed by atoms with E-state index in [0.29, 0.717) is 5.41 Å². The summed E-state index contributed by atoms with van der Waals surface area (Å²) < 4.78 is 5.13. The molecule has 2 amide bonds. The molecule has 0 spiro atoms. The molecule has 0 aromatic heterocycles. The summed E-state index contributed by atoms with van der Waals surface area (Å²) >= 11 is 0. The molecule has 5 nitrogen and oxygen atoms in total. The Morgan fingerprint density at radius 2 is 1.90 bits per heavy atom. The van der Waals surface area contributed by atoms with Gasteiger partial charge in [0.15, 0.2) is 0 Å². The molecule has 1 aliphatic rings. The SMILES string of the molecule is CC(NC(=O)OC(C)(C)C)C(=O)NC1CCC(C)(C)C1. The second kappa shape index (κ2) is 6.02. The number of carbonyl (C=O) groups is 2. The molecule has 116 valence electrons. The Morgan fingerprint density at radius 3 is 2.35 bits per heavy atom. The van der Waals surface area contributed by atoms with Crippen molar-refractivity contribution >= 4 is 12.0 Å². The lowest BCUT2D eigenvalue weighted by Gasteiger charge is -2.23. The average Bonchev–Trinajstić information content (AvgIpc) is 2.54. The molecule has 1 rings (SSSR count). The van der Waals surface area contributed by atoms with Gasteiger partial charge in [-0.1, -0.05) is 13.8 Å². The summed E-state index contributed by atoms with van der Waals surface area (Å²) in [6.07, 6.45) is 2.54. The van der Waals surface area contributed by atoms with Crippen LogP contribution in [0.15, 0.2) is 0 Å². The topological polar surface area (TPSA) is 67.4 Å². The van der Waals surface area contributed by atoms with Crippen LogP contribution in [0.3, 0.4) is 0 Å². The molecule has 1 fully saturated rings. The van der Waals surface area contributed by atoms with E-state index < -0.39 is 17.7 Å². The summed E-state index contributed by atoms with van der Waals surface area (Å²) in [7, 11) is 0. The molecular weight excluding hydrogens is 256 g/mol. The molecule has 2 atom stereocenters. The Kier molecular flexibility index (Phi) is 5.05. The number of rotatable bonds is 3. The van der Waals surface area contributed by atoms with Crippen LogP contribution >= 0.6 is 0 Å². The van der Waals surface area contributed by atoms with E-state index in [4.69, 9.17) is 4.74 Å². The summed E-state index contributed by atoms with van der Waals surface area (Å²) in [5.41, 5.74) is -0.268. The third-order valence-corrected chi connectivity index (χ3v) is 3.44. The number of carbonyl (C=O) groups excluding carboxylic acids is 2. The van der Waals surface area contributed by atoms with Gasteiger partial charge in [0.1, 0.15) is 11.6 Å². The monoisotopic (exact) mass is 284 g/mol. The van der Waals surface area contributed by atoms with Gasteiger partial charge < -0.3 is 15.4 Å². The van der Waals surface area contributed by atoms with Crippen molar-refractivity contribution in [1.29, 1.82) is 0 Å². The normalized spacial score (nSPS) is 23.0. The predicted octanol–water partition coefficient (Wildman–Crippen LogP) is 2.59. The van der Waals surface area contributed by atoms with E-state index in [9.17, 15) is 9.59 Å². The summed E-state index contributed by atoms with van der Waals surface area (Å²) in [6.45, 7) is 11.5. The van der Waals surface area contributed by atoms with Crippen molar-refractivity contribution < 1.29 is 14.3 Å². The summed E-state index contributed by atoms with van der Waals surface area (Å²) in [5.74, 6) is -0.154. The molecule has 0 radical (unpaired) electrons. The smallest absolute Gasteiger partial charge is 0.408 e. The first-order valence-corrected chi connectivity index (χ1v) is 7.28. The van der Waals surface area contributed by atoms with Crippen LogP contribution in [0, 0.1) is 5.41 Å². The standard InChI is InChI=1S/C15H28N2O3/c1-10(16-13(19)20-14(2,3)4)12(18)17-11-7-8-15(5,6)9-11/h10-11H,7-9H2,1-6H3,(H,16,19)(H,17,18). The van der Waals surface area contributed by atoms with Crippen molar-refractivity contribution in [2.75, 3.05) is 0 Å². The van der Waals surface area contributed by atoms with E-state index in [0.717, 1.165) is 19.3 Å². The number of ether oxygens (including phenoxy) is 1. The average molecular weight is 284 g/mol. The lowest BCUT2D eigenvalue weighted by Crippen LogP contribution is -2.48. The van der Waals surface area contributed by atoms with Crippen LogP contribution in [0.1, 0.15) is 60.8 Å². The molecule has 20 heavy (non-hydrogen) atoms. The molecular formula is C15H28N2O3. The number of hydrogen-bond acceptors (Lipinski definition) is 3. The van der Waals surface area contributed by atoms with E-state index in [2.05, 4.69) is 24.5 Å². The van der Waals surface area contributed by atoms with Crippen LogP contribution < -0.4 is 10.6 Å². The second-order valence-electron chi connectivity index (χ2n) is 7.48. The Morgan fingerprint density at radius 1 is 1.30 bits per heavy atom. The van der Waals surface area contributed by atoms with E-state index in [1.807, 2.05) is 0 Å². The molecule has 2 unspecified atom stereocenters. The highest BCUT2D eigenvalue weighted by Crippen LogP contribution is 2.36. The Hall–Kier alpha value is -1.26. The van der Waals surface area contributed by atoms with Gasteiger partial charge in [-0.3, -0.25) is 4.79 Å². The molecule has 0 aromatic rings.